The maximum Gasteiger partial charge on any atom is 0.490 e. The first-order valence-corrected chi connectivity index (χ1v) is 12.0. The number of sulfonamides is 1. The van der Waals surface area contributed by atoms with Crippen molar-refractivity contribution in [2.45, 2.75) is 11.1 Å². The van der Waals surface area contributed by atoms with E-state index in [1.165, 1.54) is 24.1 Å². The van der Waals surface area contributed by atoms with E-state index in [1.807, 2.05) is 0 Å². The summed E-state index contributed by atoms with van der Waals surface area (Å²) in [7, 11) is 1.01. The molecule has 1 saturated heterocycles. The molecule has 0 unspecified atom stereocenters. The number of ether oxygens (including phenoxy) is 1. The zero-order valence-corrected chi connectivity index (χ0v) is 20.6. The lowest BCUT2D eigenvalue weighted by atomic mass is 10.1. The summed E-state index contributed by atoms with van der Waals surface area (Å²) in [5.74, 6) is -2.38. The fraction of sp³-hybridized carbons (Fsp3) is 0.364. The molecule has 0 radical (unpaired) electrons. The molecule has 14 heteroatoms. The maximum atomic E-state index is 13.0. The maximum absolute atomic E-state index is 13.0. The van der Waals surface area contributed by atoms with Crippen molar-refractivity contribution >= 4 is 33.3 Å². The summed E-state index contributed by atoms with van der Waals surface area (Å²) in [5, 5.41) is 10.4. The fourth-order valence-electron chi connectivity index (χ4n) is 3.15. The number of amides is 1. The number of carbonyl (C=O) groups is 2. The normalized spacial score (nSPS) is 13.8. The predicted molar refractivity (Wildman–Crippen MR) is 127 cm³/mol. The summed E-state index contributed by atoms with van der Waals surface area (Å²) in [6.45, 7) is 3.11. The van der Waals surface area contributed by atoms with Crippen LogP contribution < -0.4 is 19.7 Å². The first kappa shape index (κ1) is 28.7. The van der Waals surface area contributed by atoms with Crippen molar-refractivity contribution in [2.75, 3.05) is 57.0 Å². The quantitative estimate of drug-likeness (QED) is 0.517. The Hall–Kier alpha value is -3.52. The van der Waals surface area contributed by atoms with Gasteiger partial charge >= 0.3 is 12.1 Å². The molecular formula is C22H27F3N4O6S. The minimum atomic E-state index is -5.08. The van der Waals surface area contributed by atoms with E-state index in [9.17, 15) is 26.4 Å². The summed E-state index contributed by atoms with van der Waals surface area (Å²) < 4.78 is 65.4. The van der Waals surface area contributed by atoms with Gasteiger partial charge in [-0.25, -0.2) is 13.2 Å². The number of hydrogen-bond acceptors (Lipinski definition) is 7. The van der Waals surface area contributed by atoms with Crippen LogP contribution in [0.4, 0.5) is 24.5 Å². The number of nitrogens with zero attached hydrogens (tertiary/aromatic N) is 2. The Morgan fingerprint density at radius 1 is 1.08 bits per heavy atom. The zero-order chi connectivity index (χ0) is 27.1. The predicted octanol–water partition coefficient (Wildman–Crippen LogP) is 2.24. The third kappa shape index (κ3) is 7.75. The number of carboxylic acids is 1. The van der Waals surface area contributed by atoms with Gasteiger partial charge in [-0.1, -0.05) is 0 Å². The van der Waals surface area contributed by atoms with E-state index in [1.54, 1.807) is 44.4 Å². The number of carbonyl (C=O) groups excluding carboxylic acids is 1. The monoisotopic (exact) mass is 532 g/mol. The number of carboxylic acid groups (broad SMARTS) is 1. The van der Waals surface area contributed by atoms with Crippen molar-refractivity contribution in [1.29, 1.82) is 0 Å². The summed E-state index contributed by atoms with van der Waals surface area (Å²) in [6, 6.07) is 11.3. The molecule has 10 nitrogen and oxygen atoms in total. The number of piperazine rings is 1. The summed E-state index contributed by atoms with van der Waals surface area (Å²) in [4.78, 5) is 25.0. The Balaban J connectivity index is 0.000000572. The van der Waals surface area contributed by atoms with E-state index in [-0.39, 0.29) is 10.8 Å². The second-order valence-electron chi connectivity index (χ2n) is 7.75. The largest absolute Gasteiger partial charge is 0.497 e. The van der Waals surface area contributed by atoms with Crippen molar-refractivity contribution in [3.63, 3.8) is 0 Å². The highest BCUT2D eigenvalue weighted by atomic mass is 32.2. The van der Waals surface area contributed by atoms with Crippen molar-refractivity contribution in [3.8, 4) is 5.75 Å². The van der Waals surface area contributed by atoms with Crippen LogP contribution in [0.15, 0.2) is 47.4 Å². The molecule has 2 aromatic carbocycles. The highest BCUT2D eigenvalue weighted by molar-refractivity contribution is 7.92. The van der Waals surface area contributed by atoms with E-state index in [0.29, 0.717) is 17.0 Å². The minimum absolute atomic E-state index is 0.119. The topological polar surface area (TPSA) is 128 Å². The van der Waals surface area contributed by atoms with Gasteiger partial charge in [-0.05, 0) is 42.5 Å². The average Bonchev–Trinajstić information content (AvgIpc) is 2.83. The van der Waals surface area contributed by atoms with E-state index in [0.717, 1.165) is 31.9 Å². The molecule has 36 heavy (non-hydrogen) atoms. The van der Waals surface area contributed by atoms with Gasteiger partial charge < -0.3 is 25.0 Å². The molecule has 3 rings (SSSR count). The zero-order valence-electron chi connectivity index (χ0n) is 19.8. The third-order valence-corrected chi connectivity index (χ3v) is 6.35. The van der Waals surface area contributed by atoms with E-state index >= 15 is 0 Å². The molecule has 1 amide bonds. The smallest absolute Gasteiger partial charge is 0.490 e. The molecule has 0 atom stereocenters. The third-order valence-electron chi connectivity index (χ3n) is 4.96. The van der Waals surface area contributed by atoms with Crippen LogP contribution >= 0.6 is 0 Å². The molecule has 0 aromatic heterocycles. The number of anilines is 2. The lowest BCUT2D eigenvalue weighted by Gasteiger charge is -2.31. The summed E-state index contributed by atoms with van der Waals surface area (Å²) >= 11 is 0. The molecule has 3 N–H and O–H groups in total. The van der Waals surface area contributed by atoms with Gasteiger partial charge in [0.1, 0.15) is 5.75 Å². The lowest BCUT2D eigenvalue weighted by Crippen LogP contribution is -2.43. The summed E-state index contributed by atoms with van der Waals surface area (Å²) in [6.07, 6.45) is -5.08. The first-order chi connectivity index (χ1) is 16.8. The van der Waals surface area contributed by atoms with E-state index < -0.39 is 22.2 Å². The number of alkyl halides is 3. The molecule has 1 aliphatic heterocycles. The van der Waals surface area contributed by atoms with Crippen LogP contribution in [0.5, 0.6) is 5.75 Å². The molecule has 0 spiro atoms. The SMILES string of the molecule is COc1ccc(S(=O)(=O)Nc2cc(C(=O)N(C)C)ccc2N2CCNCC2)cc1.O=C(O)C(F)(F)F. The molecule has 0 aliphatic carbocycles. The van der Waals surface area contributed by atoms with Crippen LogP contribution in [0.3, 0.4) is 0 Å². The van der Waals surface area contributed by atoms with Crippen LogP contribution in [0.2, 0.25) is 0 Å². The van der Waals surface area contributed by atoms with Crippen molar-refractivity contribution in [3.05, 3.63) is 48.0 Å². The number of hydrogen-bond donors (Lipinski definition) is 3. The average molecular weight is 533 g/mol. The molecule has 0 saturated carbocycles. The molecule has 1 heterocycles. The van der Waals surface area contributed by atoms with E-state index in [4.69, 9.17) is 14.6 Å². The van der Waals surface area contributed by atoms with Gasteiger partial charge in [0, 0.05) is 45.8 Å². The number of nitrogens with one attached hydrogen (secondary N) is 2. The first-order valence-electron chi connectivity index (χ1n) is 10.5. The number of rotatable bonds is 6. The van der Waals surface area contributed by atoms with Crippen molar-refractivity contribution < 1.29 is 41.0 Å². The van der Waals surface area contributed by atoms with Gasteiger partial charge in [0.05, 0.1) is 23.4 Å². The lowest BCUT2D eigenvalue weighted by molar-refractivity contribution is -0.192. The van der Waals surface area contributed by atoms with Gasteiger partial charge in [-0.3, -0.25) is 9.52 Å². The molecular weight excluding hydrogens is 505 g/mol. The van der Waals surface area contributed by atoms with Crippen molar-refractivity contribution in [1.82, 2.24) is 10.2 Å². The van der Waals surface area contributed by atoms with Crippen LogP contribution in [0.25, 0.3) is 0 Å². The Labute approximate surface area is 206 Å². The number of halogens is 3. The van der Waals surface area contributed by atoms with Crippen LogP contribution in [-0.4, -0.2) is 83.9 Å². The minimum Gasteiger partial charge on any atom is -0.497 e. The molecule has 1 aliphatic rings. The Morgan fingerprint density at radius 2 is 1.64 bits per heavy atom. The number of benzene rings is 2. The van der Waals surface area contributed by atoms with Crippen LogP contribution in [0.1, 0.15) is 10.4 Å². The molecule has 1 fully saturated rings. The second-order valence-corrected chi connectivity index (χ2v) is 9.43. The highest BCUT2D eigenvalue weighted by Crippen LogP contribution is 2.30. The molecule has 2 aromatic rings. The number of aliphatic carboxylic acids is 1. The Bertz CT molecular complexity index is 1170. The van der Waals surface area contributed by atoms with Gasteiger partial charge in [0.25, 0.3) is 15.9 Å². The van der Waals surface area contributed by atoms with Gasteiger partial charge in [0.2, 0.25) is 0 Å². The number of methoxy groups -OCH3 is 1. The standard InChI is InChI=1S/C20H26N4O4S.C2HF3O2/c1-23(2)20(25)15-4-9-19(24-12-10-21-11-13-24)18(14-15)22-29(26,27)17-7-5-16(28-3)6-8-17;3-2(4,5)1(6)7/h4-9,14,21-22H,10-13H2,1-3H3;(H,6,7). The van der Waals surface area contributed by atoms with E-state index in [2.05, 4.69) is 14.9 Å². The van der Waals surface area contributed by atoms with Gasteiger partial charge in [0.15, 0.2) is 0 Å². The van der Waals surface area contributed by atoms with Gasteiger partial charge in [-0.15, -0.1) is 0 Å². The Morgan fingerprint density at radius 3 is 2.11 bits per heavy atom. The summed E-state index contributed by atoms with van der Waals surface area (Å²) in [5.41, 5.74) is 1.55. The Kier molecular flexibility index (Phi) is 9.53. The van der Waals surface area contributed by atoms with Crippen LogP contribution in [-0.2, 0) is 14.8 Å². The highest BCUT2D eigenvalue weighted by Gasteiger charge is 2.38. The van der Waals surface area contributed by atoms with Crippen molar-refractivity contribution in [2.24, 2.45) is 0 Å². The molecule has 0 bridgehead atoms. The fourth-order valence-corrected chi connectivity index (χ4v) is 4.21. The van der Waals surface area contributed by atoms with Crippen LogP contribution in [0, 0.1) is 0 Å². The van der Waals surface area contributed by atoms with Gasteiger partial charge in [-0.2, -0.15) is 13.2 Å². The second kappa shape index (κ2) is 11.9. The molecule has 198 valence electrons.